The standard InChI is InChI=1S/C14H10F3NO3/c1-20-11(19)8-7-10-12(9-5-3-2-4-6-9)21-18-13(10)14(15,16)17/h2-8H,1H3/b8-7+. The van der Waals surface area contributed by atoms with Crippen molar-refractivity contribution >= 4 is 12.0 Å². The lowest BCUT2D eigenvalue weighted by atomic mass is 10.1. The van der Waals surface area contributed by atoms with Crippen molar-refractivity contribution in [1.29, 1.82) is 0 Å². The first-order valence-corrected chi connectivity index (χ1v) is 5.82. The molecule has 0 N–H and O–H groups in total. The maximum absolute atomic E-state index is 12.9. The number of nitrogens with zero attached hydrogens (tertiary/aromatic N) is 1. The van der Waals surface area contributed by atoms with Crippen molar-refractivity contribution in [2.45, 2.75) is 6.18 Å². The van der Waals surface area contributed by atoms with Crippen LogP contribution in [0.3, 0.4) is 0 Å². The van der Waals surface area contributed by atoms with Gasteiger partial charge in [0, 0.05) is 11.6 Å². The van der Waals surface area contributed by atoms with Gasteiger partial charge in [-0.2, -0.15) is 13.2 Å². The molecule has 1 aromatic heterocycles. The molecule has 0 aliphatic heterocycles. The first-order valence-electron chi connectivity index (χ1n) is 5.82. The minimum Gasteiger partial charge on any atom is -0.466 e. The summed E-state index contributed by atoms with van der Waals surface area (Å²) in [5.74, 6) is -0.841. The number of benzene rings is 1. The molecule has 110 valence electrons. The van der Waals surface area contributed by atoms with Gasteiger partial charge in [0.25, 0.3) is 0 Å². The zero-order valence-corrected chi connectivity index (χ0v) is 10.8. The summed E-state index contributed by atoms with van der Waals surface area (Å²) in [6, 6.07) is 8.18. The van der Waals surface area contributed by atoms with Gasteiger partial charge in [0.05, 0.1) is 12.7 Å². The lowest BCUT2D eigenvalue weighted by Crippen LogP contribution is -2.07. The van der Waals surface area contributed by atoms with Crippen LogP contribution in [0.5, 0.6) is 0 Å². The third kappa shape index (κ3) is 3.31. The Bertz CT molecular complexity index is 660. The number of methoxy groups -OCH3 is 1. The molecule has 2 aromatic rings. The van der Waals surface area contributed by atoms with Gasteiger partial charge >= 0.3 is 12.1 Å². The number of ether oxygens (including phenoxy) is 1. The maximum Gasteiger partial charge on any atom is 0.437 e. The lowest BCUT2D eigenvalue weighted by Gasteiger charge is -2.03. The van der Waals surface area contributed by atoms with Crippen LogP contribution >= 0.6 is 0 Å². The molecule has 0 saturated heterocycles. The van der Waals surface area contributed by atoms with E-state index in [9.17, 15) is 18.0 Å². The zero-order valence-electron chi connectivity index (χ0n) is 10.8. The Balaban J connectivity index is 2.54. The molecule has 1 heterocycles. The van der Waals surface area contributed by atoms with Gasteiger partial charge in [0.2, 0.25) is 0 Å². The van der Waals surface area contributed by atoms with Gasteiger partial charge in [-0.15, -0.1) is 0 Å². The Labute approximate surface area is 117 Å². The van der Waals surface area contributed by atoms with E-state index in [0.29, 0.717) is 5.56 Å². The first kappa shape index (κ1) is 14.8. The van der Waals surface area contributed by atoms with Gasteiger partial charge in [-0.1, -0.05) is 35.5 Å². The number of halogens is 3. The number of hydrogen-bond acceptors (Lipinski definition) is 4. The maximum atomic E-state index is 12.9. The van der Waals surface area contributed by atoms with Crippen LogP contribution in [0.25, 0.3) is 17.4 Å². The number of alkyl halides is 3. The van der Waals surface area contributed by atoms with E-state index in [2.05, 4.69) is 9.89 Å². The van der Waals surface area contributed by atoms with Crippen molar-refractivity contribution < 1.29 is 27.2 Å². The van der Waals surface area contributed by atoms with E-state index in [1.54, 1.807) is 30.3 Å². The Kier molecular flexibility index (Phi) is 4.11. The average Bonchev–Trinajstić information content (AvgIpc) is 2.89. The molecule has 0 spiro atoms. The highest BCUT2D eigenvalue weighted by atomic mass is 19.4. The Morgan fingerprint density at radius 3 is 2.52 bits per heavy atom. The van der Waals surface area contributed by atoms with Crippen LogP contribution in [-0.4, -0.2) is 18.2 Å². The summed E-state index contributed by atoms with van der Waals surface area (Å²) in [5.41, 5.74) is -1.09. The predicted octanol–water partition coefficient (Wildman–Crippen LogP) is 3.55. The molecular formula is C14H10F3NO3. The van der Waals surface area contributed by atoms with Crippen LogP contribution in [-0.2, 0) is 15.7 Å². The van der Waals surface area contributed by atoms with Gasteiger partial charge in [0.1, 0.15) is 0 Å². The van der Waals surface area contributed by atoms with Crippen molar-refractivity contribution in [3.05, 3.63) is 47.7 Å². The molecule has 21 heavy (non-hydrogen) atoms. The van der Waals surface area contributed by atoms with Gasteiger partial charge in [0.15, 0.2) is 11.5 Å². The fourth-order valence-corrected chi connectivity index (χ4v) is 1.67. The monoisotopic (exact) mass is 297 g/mol. The van der Waals surface area contributed by atoms with Crippen LogP contribution in [0.4, 0.5) is 13.2 Å². The smallest absolute Gasteiger partial charge is 0.437 e. The third-order valence-electron chi connectivity index (χ3n) is 2.62. The van der Waals surface area contributed by atoms with Crippen molar-refractivity contribution in [3.8, 4) is 11.3 Å². The SMILES string of the molecule is COC(=O)/C=C/c1c(C(F)(F)F)noc1-c1ccccc1. The van der Waals surface area contributed by atoms with Crippen LogP contribution < -0.4 is 0 Å². The molecule has 7 heteroatoms. The molecular weight excluding hydrogens is 287 g/mol. The highest BCUT2D eigenvalue weighted by Gasteiger charge is 2.38. The number of carbonyl (C=O) groups is 1. The summed E-state index contributed by atoms with van der Waals surface area (Å²) in [6.07, 6.45) is -2.83. The molecule has 2 rings (SSSR count). The molecule has 0 fully saturated rings. The molecule has 0 aliphatic carbocycles. The average molecular weight is 297 g/mol. The number of hydrogen-bond donors (Lipinski definition) is 0. The van der Waals surface area contributed by atoms with Crippen molar-refractivity contribution in [2.24, 2.45) is 0 Å². The van der Waals surface area contributed by atoms with Gasteiger partial charge in [-0.05, 0) is 6.08 Å². The van der Waals surface area contributed by atoms with E-state index < -0.39 is 17.8 Å². The van der Waals surface area contributed by atoms with E-state index in [0.717, 1.165) is 19.3 Å². The lowest BCUT2D eigenvalue weighted by molar-refractivity contribution is -0.143. The fraction of sp³-hybridized carbons (Fsp3) is 0.143. The Morgan fingerprint density at radius 2 is 1.95 bits per heavy atom. The summed E-state index contributed by atoms with van der Waals surface area (Å²) < 4.78 is 47.9. The van der Waals surface area contributed by atoms with Crippen LogP contribution in [0, 0.1) is 0 Å². The zero-order chi connectivity index (χ0) is 15.5. The van der Waals surface area contributed by atoms with Gasteiger partial charge in [-0.3, -0.25) is 0 Å². The second-order valence-electron chi connectivity index (χ2n) is 3.99. The topological polar surface area (TPSA) is 52.3 Å². The minimum absolute atomic E-state index is 0.0666. The molecule has 0 saturated carbocycles. The van der Waals surface area contributed by atoms with Crippen molar-refractivity contribution in [2.75, 3.05) is 7.11 Å². The molecule has 0 radical (unpaired) electrons. The van der Waals surface area contributed by atoms with Gasteiger partial charge in [-0.25, -0.2) is 4.79 Å². The number of aromatic nitrogens is 1. The highest BCUT2D eigenvalue weighted by Crippen LogP contribution is 2.37. The molecule has 0 bridgehead atoms. The molecule has 0 amide bonds. The summed E-state index contributed by atoms with van der Waals surface area (Å²) >= 11 is 0. The Morgan fingerprint density at radius 1 is 1.29 bits per heavy atom. The number of esters is 1. The second-order valence-corrected chi connectivity index (χ2v) is 3.99. The quantitative estimate of drug-likeness (QED) is 0.642. The van der Waals surface area contributed by atoms with Gasteiger partial charge < -0.3 is 9.26 Å². The number of rotatable bonds is 3. The van der Waals surface area contributed by atoms with Crippen molar-refractivity contribution in [3.63, 3.8) is 0 Å². The Hall–Kier alpha value is -2.57. The summed E-state index contributed by atoms with van der Waals surface area (Å²) in [6.45, 7) is 0. The highest BCUT2D eigenvalue weighted by molar-refractivity contribution is 5.88. The van der Waals surface area contributed by atoms with E-state index in [1.165, 1.54) is 0 Å². The number of carbonyl (C=O) groups excluding carboxylic acids is 1. The minimum atomic E-state index is -4.69. The second kappa shape index (κ2) is 5.82. The summed E-state index contributed by atoms with van der Waals surface area (Å²) in [4.78, 5) is 11.1. The molecule has 0 atom stereocenters. The van der Waals surface area contributed by atoms with Crippen LogP contribution in [0.2, 0.25) is 0 Å². The molecule has 1 aromatic carbocycles. The third-order valence-corrected chi connectivity index (χ3v) is 2.62. The van der Waals surface area contributed by atoms with E-state index in [4.69, 9.17) is 4.52 Å². The molecule has 0 unspecified atom stereocenters. The van der Waals surface area contributed by atoms with Crippen LogP contribution in [0.15, 0.2) is 40.9 Å². The van der Waals surface area contributed by atoms with Crippen molar-refractivity contribution in [1.82, 2.24) is 5.16 Å². The van der Waals surface area contributed by atoms with E-state index >= 15 is 0 Å². The first-order chi connectivity index (χ1) is 9.93. The predicted molar refractivity (Wildman–Crippen MR) is 68.0 cm³/mol. The largest absolute Gasteiger partial charge is 0.466 e. The molecule has 4 nitrogen and oxygen atoms in total. The summed E-state index contributed by atoms with van der Waals surface area (Å²) in [7, 11) is 1.13. The van der Waals surface area contributed by atoms with E-state index in [1.807, 2.05) is 0 Å². The van der Waals surface area contributed by atoms with Crippen LogP contribution in [0.1, 0.15) is 11.3 Å². The summed E-state index contributed by atoms with van der Waals surface area (Å²) in [5, 5.41) is 3.06. The molecule has 0 aliphatic rings. The normalized spacial score (nSPS) is 11.8. The fourth-order valence-electron chi connectivity index (χ4n) is 1.67. The van der Waals surface area contributed by atoms with E-state index in [-0.39, 0.29) is 11.3 Å².